The van der Waals surface area contributed by atoms with Gasteiger partial charge in [-0.3, -0.25) is 4.79 Å². The summed E-state index contributed by atoms with van der Waals surface area (Å²) in [4.78, 5) is 11.5. The van der Waals surface area contributed by atoms with Gasteiger partial charge in [0.05, 0.1) is 0 Å². The van der Waals surface area contributed by atoms with E-state index in [-0.39, 0.29) is 12.3 Å². The van der Waals surface area contributed by atoms with Gasteiger partial charge in [-0.05, 0) is 0 Å². The highest BCUT2D eigenvalue weighted by molar-refractivity contribution is 7.86. The fourth-order valence-electron chi connectivity index (χ4n) is 1.60. The first-order valence-electron chi connectivity index (χ1n) is 4.89. The number of piperidine rings is 1. The monoisotopic (exact) mass is 234 g/mol. The Hall–Kier alpha value is -0.460. The van der Waals surface area contributed by atoms with Crippen LogP contribution in [-0.2, 0) is 15.0 Å². The van der Waals surface area contributed by atoms with E-state index in [2.05, 4.69) is 0 Å². The number of carbonyl (C=O) groups excluding carboxylic acids is 1. The van der Waals surface area contributed by atoms with Crippen LogP contribution >= 0.6 is 0 Å². The quantitative estimate of drug-likeness (QED) is 0.680. The Morgan fingerprint density at radius 3 is 2.27 bits per heavy atom. The van der Waals surface area contributed by atoms with E-state index in [0.717, 1.165) is 0 Å². The van der Waals surface area contributed by atoms with Crippen molar-refractivity contribution >= 4 is 16.0 Å². The molecule has 1 saturated heterocycles. The second-order valence-corrected chi connectivity index (χ2v) is 6.82. The molecule has 0 saturated carbocycles. The van der Waals surface area contributed by atoms with E-state index in [1.807, 2.05) is 0 Å². The molecule has 6 heteroatoms. The minimum Gasteiger partial charge on any atom is -0.299 e. The Labute approximate surface area is 91.2 Å². The van der Waals surface area contributed by atoms with Crippen LogP contribution in [0.4, 0.5) is 0 Å². The number of hydrogen-bond donors (Lipinski definition) is 0. The van der Waals surface area contributed by atoms with Crippen LogP contribution in [0.15, 0.2) is 0 Å². The summed E-state index contributed by atoms with van der Waals surface area (Å²) < 4.78 is 26.2. The maximum atomic E-state index is 11.8. The summed E-state index contributed by atoms with van der Waals surface area (Å²) in [5.74, 6) is 0.132. The summed E-state index contributed by atoms with van der Waals surface area (Å²) in [6.07, 6.45) is 0.306. The van der Waals surface area contributed by atoms with Crippen LogP contribution in [0, 0.1) is 5.41 Å². The SMILES string of the molecule is CN(C)S(=O)(=O)N1CCC(=O)C(C)(C)C1. The van der Waals surface area contributed by atoms with E-state index in [0.29, 0.717) is 13.0 Å². The Balaban J connectivity index is 2.90. The summed E-state index contributed by atoms with van der Waals surface area (Å²) in [5.41, 5.74) is -0.568. The number of nitrogens with zero attached hydrogens (tertiary/aromatic N) is 2. The molecule has 0 unspecified atom stereocenters. The van der Waals surface area contributed by atoms with E-state index in [1.54, 1.807) is 13.8 Å². The van der Waals surface area contributed by atoms with Crippen molar-refractivity contribution < 1.29 is 13.2 Å². The van der Waals surface area contributed by atoms with Gasteiger partial charge in [0.15, 0.2) is 0 Å². The van der Waals surface area contributed by atoms with E-state index < -0.39 is 15.6 Å². The standard InChI is InChI=1S/C9H18N2O3S/c1-9(2)7-11(6-5-8(9)12)15(13,14)10(3)4/h5-7H2,1-4H3. The second kappa shape index (κ2) is 3.84. The normalized spacial score (nSPS) is 23.4. The maximum absolute atomic E-state index is 11.8. The first-order valence-corrected chi connectivity index (χ1v) is 6.28. The lowest BCUT2D eigenvalue weighted by molar-refractivity contribution is -0.129. The fourth-order valence-corrected chi connectivity index (χ4v) is 2.87. The van der Waals surface area contributed by atoms with Crippen molar-refractivity contribution in [1.82, 2.24) is 8.61 Å². The van der Waals surface area contributed by atoms with E-state index in [4.69, 9.17) is 0 Å². The van der Waals surface area contributed by atoms with E-state index in [1.165, 1.54) is 22.7 Å². The zero-order valence-corrected chi connectivity index (χ0v) is 10.5. The third kappa shape index (κ3) is 2.38. The second-order valence-electron chi connectivity index (χ2n) is 4.68. The molecule has 0 spiro atoms. The van der Waals surface area contributed by atoms with Crippen LogP contribution in [0.3, 0.4) is 0 Å². The van der Waals surface area contributed by atoms with Crippen molar-refractivity contribution in [2.45, 2.75) is 20.3 Å². The Morgan fingerprint density at radius 2 is 1.87 bits per heavy atom. The van der Waals surface area contributed by atoms with Gasteiger partial charge in [-0.2, -0.15) is 17.0 Å². The lowest BCUT2D eigenvalue weighted by Crippen LogP contribution is -2.51. The molecule has 0 aromatic carbocycles. The molecule has 0 aromatic rings. The van der Waals surface area contributed by atoms with Crippen molar-refractivity contribution in [3.63, 3.8) is 0 Å². The molecule has 0 N–H and O–H groups in total. The van der Waals surface area contributed by atoms with Gasteiger partial charge in [0.2, 0.25) is 0 Å². The molecule has 0 aliphatic carbocycles. The number of ketones is 1. The molecule has 0 amide bonds. The third-order valence-electron chi connectivity index (χ3n) is 2.70. The van der Waals surface area contributed by atoms with Crippen LogP contribution in [0.5, 0.6) is 0 Å². The zero-order valence-electron chi connectivity index (χ0n) is 9.65. The molecule has 0 radical (unpaired) electrons. The molecule has 1 fully saturated rings. The van der Waals surface area contributed by atoms with Gasteiger partial charge in [0, 0.05) is 39.0 Å². The molecular weight excluding hydrogens is 216 g/mol. The summed E-state index contributed by atoms with van der Waals surface area (Å²) in [6, 6.07) is 0. The number of hydrogen-bond acceptors (Lipinski definition) is 3. The lowest BCUT2D eigenvalue weighted by Gasteiger charge is -2.36. The highest BCUT2D eigenvalue weighted by atomic mass is 32.2. The molecule has 0 bridgehead atoms. The summed E-state index contributed by atoms with van der Waals surface area (Å²) >= 11 is 0. The van der Waals surface area contributed by atoms with Gasteiger partial charge >= 0.3 is 0 Å². The molecule has 1 aliphatic rings. The molecule has 1 aliphatic heterocycles. The van der Waals surface area contributed by atoms with Crippen molar-refractivity contribution in [3.05, 3.63) is 0 Å². The van der Waals surface area contributed by atoms with Gasteiger partial charge in [-0.1, -0.05) is 13.8 Å². The zero-order chi connectivity index (χ0) is 11.9. The molecule has 15 heavy (non-hydrogen) atoms. The van der Waals surface area contributed by atoms with Crippen LogP contribution < -0.4 is 0 Å². The van der Waals surface area contributed by atoms with Gasteiger partial charge in [-0.15, -0.1) is 0 Å². The third-order valence-corrected chi connectivity index (χ3v) is 4.59. The maximum Gasteiger partial charge on any atom is 0.281 e. The fraction of sp³-hybridized carbons (Fsp3) is 0.889. The molecule has 5 nitrogen and oxygen atoms in total. The number of rotatable bonds is 2. The molecule has 88 valence electrons. The van der Waals surface area contributed by atoms with Gasteiger partial charge in [0.1, 0.15) is 5.78 Å². The Kier molecular flexibility index (Phi) is 3.23. The summed E-state index contributed by atoms with van der Waals surface area (Å²) in [6.45, 7) is 4.13. The van der Waals surface area contributed by atoms with Crippen LogP contribution in [0.2, 0.25) is 0 Å². The smallest absolute Gasteiger partial charge is 0.281 e. The molecule has 0 atom stereocenters. The Morgan fingerprint density at radius 1 is 1.33 bits per heavy atom. The highest BCUT2D eigenvalue weighted by Crippen LogP contribution is 2.27. The largest absolute Gasteiger partial charge is 0.299 e. The van der Waals surface area contributed by atoms with Gasteiger partial charge in [-0.25, -0.2) is 0 Å². The molecule has 1 rings (SSSR count). The van der Waals surface area contributed by atoms with Crippen molar-refractivity contribution in [2.75, 3.05) is 27.2 Å². The first-order chi connectivity index (χ1) is 6.68. The molecule has 0 aromatic heterocycles. The predicted octanol–water partition coefficient (Wildman–Crippen LogP) is 0.0938. The van der Waals surface area contributed by atoms with Crippen molar-refractivity contribution in [2.24, 2.45) is 5.41 Å². The first kappa shape index (κ1) is 12.6. The van der Waals surface area contributed by atoms with Gasteiger partial charge < -0.3 is 0 Å². The predicted molar refractivity (Wildman–Crippen MR) is 57.6 cm³/mol. The van der Waals surface area contributed by atoms with Crippen LogP contribution in [0.25, 0.3) is 0 Å². The minimum absolute atomic E-state index is 0.132. The molecule has 1 heterocycles. The van der Waals surface area contributed by atoms with E-state index in [9.17, 15) is 13.2 Å². The topological polar surface area (TPSA) is 57.7 Å². The average Bonchev–Trinajstić information content (AvgIpc) is 2.09. The lowest BCUT2D eigenvalue weighted by atomic mass is 9.84. The minimum atomic E-state index is -3.38. The average molecular weight is 234 g/mol. The van der Waals surface area contributed by atoms with Crippen LogP contribution in [0.1, 0.15) is 20.3 Å². The van der Waals surface area contributed by atoms with Crippen molar-refractivity contribution in [3.8, 4) is 0 Å². The Bertz CT molecular complexity index is 360. The number of Topliss-reactive ketones (excluding diaryl/α,β-unsaturated/α-hetero) is 1. The van der Waals surface area contributed by atoms with Crippen molar-refractivity contribution in [1.29, 1.82) is 0 Å². The summed E-state index contributed by atoms with van der Waals surface area (Å²) in [5, 5.41) is 0. The highest BCUT2D eigenvalue weighted by Gasteiger charge is 2.39. The summed E-state index contributed by atoms with van der Waals surface area (Å²) in [7, 11) is -0.382. The molecular formula is C9H18N2O3S. The van der Waals surface area contributed by atoms with Gasteiger partial charge in [0.25, 0.3) is 10.2 Å². The van der Waals surface area contributed by atoms with E-state index >= 15 is 0 Å². The number of carbonyl (C=O) groups is 1. The van der Waals surface area contributed by atoms with Crippen LogP contribution in [-0.4, -0.2) is 50.0 Å².